The molecule has 0 spiro atoms. The molecule has 0 atom stereocenters. The third-order valence-corrected chi connectivity index (χ3v) is 5.37. The van der Waals surface area contributed by atoms with Crippen molar-refractivity contribution in [1.29, 1.82) is 0 Å². The molecule has 3 rings (SSSR count). The Morgan fingerprint density at radius 2 is 1.70 bits per heavy atom. The van der Waals surface area contributed by atoms with Gasteiger partial charge in [-0.3, -0.25) is 23.5 Å². The normalized spacial score (nSPS) is 10.8. The van der Waals surface area contributed by atoms with E-state index in [2.05, 4.69) is 4.98 Å². The van der Waals surface area contributed by atoms with Gasteiger partial charge >= 0.3 is 11.7 Å². The molecule has 2 heterocycles. The Kier molecular flexibility index (Phi) is 6.47. The van der Waals surface area contributed by atoms with E-state index in [9.17, 15) is 24.0 Å². The van der Waals surface area contributed by atoms with Gasteiger partial charge in [-0.05, 0) is 31.9 Å². The first-order chi connectivity index (χ1) is 15.5. The molecule has 0 unspecified atom stereocenters. The van der Waals surface area contributed by atoms with Crippen LogP contribution in [0.1, 0.15) is 54.9 Å². The van der Waals surface area contributed by atoms with Gasteiger partial charge in [0.15, 0.2) is 12.4 Å². The van der Waals surface area contributed by atoms with Crippen molar-refractivity contribution in [3.63, 3.8) is 0 Å². The highest BCUT2D eigenvalue weighted by Crippen LogP contribution is 2.19. The smallest absolute Gasteiger partial charge is 0.355 e. The summed E-state index contributed by atoms with van der Waals surface area (Å²) in [4.78, 5) is 65.1. The minimum atomic E-state index is -0.881. The van der Waals surface area contributed by atoms with Crippen LogP contribution in [0.2, 0.25) is 0 Å². The number of ketones is 2. The zero-order valence-corrected chi connectivity index (χ0v) is 18.7. The summed E-state index contributed by atoms with van der Waals surface area (Å²) in [6.45, 7) is 3.89. The number of H-pyrrole nitrogens is 1. The summed E-state index contributed by atoms with van der Waals surface area (Å²) in [5.74, 6) is -2.23. The number of ether oxygens (including phenoxy) is 1. The lowest BCUT2D eigenvalue weighted by Crippen LogP contribution is -2.43. The maximum absolute atomic E-state index is 12.8. The highest BCUT2D eigenvalue weighted by atomic mass is 16.5. The summed E-state index contributed by atoms with van der Waals surface area (Å²) >= 11 is 0. The molecule has 0 saturated heterocycles. The van der Waals surface area contributed by atoms with Gasteiger partial charge in [0.2, 0.25) is 5.78 Å². The average Bonchev–Trinajstić information content (AvgIpc) is 3.08. The molecule has 0 aliphatic rings. The standard InChI is InChI=1S/C23H24N4O6/c1-12-17(14(3)28)13(2)25-19(12)22(31)33-11-16(29)18-20(24)27(23(32)26(4)21(18)30)10-15-8-6-5-7-9-15/h5-9,25H,10-11,24H2,1-4H3. The Balaban J connectivity index is 1.89. The van der Waals surface area contributed by atoms with Crippen LogP contribution in [0.15, 0.2) is 39.9 Å². The number of Topliss-reactive ketones (excluding diaryl/α,β-unsaturated/α-hetero) is 2. The molecule has 10 heteroatoms. The average molecular weight is 452 g/mol. The number of nitrogens with two attached hydrogens (primary N) is 1. The van der Waals surface area contributed by atoms with E-state index in [1.54, 1.807) is 38.1 Å². The van der Waals surface area contributed by atoms with Crippen LogP contribution in [0.5, 0.6) is 0 Å². The van der Waals surface area contributed by atoms with E-state index in [1.807, 2.05) is 6.07 Å². The van der Waals surface area contributed by atoms with Crippen molar-refractivity contribution in [2.75, 3.05) is 12.3 Å². The Hall–Kier alpha value is -4.21. The van der Waals surface area contributed by atoms with E-state index in [0.29, 0.717) is 16.8 Å². The van der Waals surface area contributed by atoms with Crippen molar-refractivity contribution in [2.24, 2.45) is 7.05 Å². The number of esters is 1. The molecule has 0 fully saturated rings. The molecule has 0 aliphatic carbocycles. The van der Waals surface area contributed by atoms with E-state index >= 15 is 0 Å². The summed E-state index contributed by atoms with van der Waals surface area (Å²) < 4.78 is 6.99. The quantitative estimate of drug-likeness (QED) is 0.406. The molecular formula is C23H24N4O6. The van der Waals surface area contributed by atoms with Crippen LogP contribution >= 0.6 is 0 Å². The number of nitrogen functional groups attached to an aromatic ring is 1. The minimum Gasteiger partial charge on any atom is -0.453 e. The van der Waals surface area contributed by atoms with Crippen LogP contribution in [0.25, 0.3) is 0 Å². The summed E-state index contributed by atoms with van der Waals surface area (Å²) in [5, 5.41) is 0. The predicted octanol–water partition coefficient (Wildman–Crippen LogP) is 1.36. The van der Waals surface area contributed by atoms with Crippen LogP contribution in [0, 0.1) is 13.8 Å². The molecule has 0 radical (unpaired) electrons. The first kappa shape index (κ1) is 23.5. The summed E-state index contributed by atoms with van der Waals surface area (Å²) in [7, 11) is 1.24. The van der Waals surface area contributed by atoms with Gasteiger partial charge in [0.25, 0.3) is 5.56 Å². The summed E-state index contributed by atoms with van der Waals surface area (Å²) in [6.07, 6.45) is 0. The SMILES string of the molecule is CC(=O)c1c(C)[nH]c(C(=O)OCC(=O)c2c(N)n(Cc3ccccc3)c(=O)n(C)c2=O)c1C. The lowest BCUT2D eigenvalue weighted by Gasteiger charge is -2.14. The number of anilines is 1. The fourth-order valence-electron chi connectivity index (χ4n) is 3.72. The van der Waals surface area contributed by atoms with Crippen molar-refractivity contribution in [3.8, 4) is 0 Å². The molecule has 3 N–H and O–H groups in total. The highest BCUT2D eigenvalue weighted by molar-refractivity contribution is 6.03. The van der Waals surface area contributed by atoms with E-state index < -0.39 is 35.2 Å². The number of nitrogens with zero attached hydrogens (tertiary/aromatic N) is 2. The van der Waals surface area contributed by atoms with Gasteiger partial charge in [-0.2, -0.15) is 0 Å². The number of carbonyl (C=O) groups excluding carboxylic acids is 3. The zero-order valence-electron chi connectivity index (χ0n) is 18.7. The second-order valence-corrected chi connectivity index (χ2v) is 7.66. The van der Waals surface area contributed by atoms with Crippen LogP contribution in [0.4, 0.5) is 5.82 Å². The second kappa shape index (κ2) is 9.11. The van der Waals surface area contributed by atoms with Gasteiger partial charge in [-0.15, -0.1) is 0 Å². The first-order valence-electron chi connectivity index (χ1n) is 10.1. The number of hydrogen-bond donors (Lipinski definition) is 2. The number of carbonyl (C=O) groups is 3. The summed E-state index contributed by atoms with van der Waals surface area (Å²) in [5.41, 5.74) is 6.12. The van der Waals surface area contributed by atoms with Crippen molar-refractivity contribution in [1.82, 2.24) is 14.1 Å². The number of rotatable bonds is 7. The predicted molar refractivity (Wildman–Crippen MR) is 121 cm³/mol. The van der Waals surface area contributed by atoms with E-state index in [0.717, 1.165) is 14.7 Å². The molecule has 3 aromatic rings. The molecule has 1 aromatic carbocycles. The maximum Gasteiger partial charge on any atom is 0.355 e. The third-order valence-electron chi connectivity index (χ3n) is 5.37. The van der Waals surface area contributed by atoms with Crippen molar-refractivity contribution >= 4 is 23.4 Å². The molecular weight excluding hydrogens is 428 g/mol. The van der Waals surface area contributed by atoms with Gasteiger partial charge in [-0.25, -0.2) is 9.59 Å². The number of hydrogen-bond acceptors (Lipinski definition) is 7. The van der Waals surface area contributed by atoms with E-state index in [-0.39, 0.29) is 23.8 Å². The number of aromatic amines is 1. The summed E-state index contributed by atoms with van der Waals surface area (Å²) in [6, 6.07) is 8.93. The molecule has 0 aliphatic heterocycles. The highest BCUT2D eigenvalue weighted by Gasteiger charge is 2.25. The fourth-order valence-corrected chi connectivity index (χ4v) is 3.72. The molecule has 2 aromatic heterocycles. The number of benzene rings is 1. The maximum atomic E-state index is 12.8. The minimum absolute atomic E-state index is 0.0421. The molecule has 172 valence electrons. The lowest BCUT2D eigenvalue weighted by atomic mass is 10.1. The van der Waals surface area contributed by atoms with Gasteiger partial charge in [0.05, 0.1) is 6.54 Å². The van der Waals surface area contributed by atoms with Crippen molar-refractivity contribution in [3.05, 3.63) is 84.8 Å². The number of nitrogens with one attached hydrogen (secondary N) is 1. The first-order valence-corrected chi connectivity index (χ1v) is 10.1. The van der Waals surface area contributed by atoms with Crippen LogP contribution in [-0.2, 0) is 18.3 Å². The monoisotopic (exact) mass is 452 g/mol. The van der Waals surface area contributed by atoms with E-state index in [4.69, 9.17) is 10.5 Å². The molecule has 0 bridgehead atoms. The zero-order chi connectivity index (χ0) is 24.4. The largest absolute Gasteiger partial charge is 0.453 e. The number of aryl methyl sites for hydroxylation is 1. The van der Waals surface area contributed by atoms with Gasteiger partial charge < -0.3 is 15.5 Å². The fraction of sp³-hybridized carbons (Fsp3) is 0.261. The Morgan fingerprint density at radius 3 is 2.27 bits per heavy atom. The topological polar surface area (TPSA) is 146 Å². The third kappa shape index (κ3) is 4.40. The Bertz CT molecular complexity index is 1380. The van der Waals surface area contributed by atoms with Gasteiger partial charge in [-0.1, -0.05) is 30.3 Å². The van der Waals surface area contributed by atoms with Crippen LogP contribution in [-0.4, -0.2) is 38.3 Å². The van der Waals surface area contributed by atoms with Crippen LogP contribution < -0.4 is 17.0 Å². The lowest BCUT2D eigenvalue weighted by molar-refractivity contribution is 0.0468. The van der Waals surface area contributed by atoms with Gasteiger partial charge in [0.1, 0.15) is 17.1 Å². The van der Waals surface area contributed by atoms with Crippen LogP contribution in [0.3, 0.4) is 0 Å². The molecule has 0 amide bonds. The van der Waals surface area contributed by atoms with Gasteiger partial charge in [0, 0.05) is 18.3 Å². The molecule has 10 nitrogen and oxygen atoms in total. The Labute approximate surface area is 188 Å². The molecule has 33 heavy (non-hydrogen) atoms. The Morgan fingerprint density at radius 1 is 1.06 bits per heavy atom. The van der Waals surface area contributed by atoms with Crippen molar-refractivity contribution in [2.45, 2.75) is 27.3 Å². The van der Waals surface area contributed by atoms with E-state index in [1.165, 1.54) is 14.0 Å². The van der Waals surface area contributed by atoms with Crippen molar-refractivity contribution < 1.29 is 19.1 Å². The number of aromatic nitrogens is 3. The second-order valence-electron chi connectivity index (χ2n) is 7.66. The molecule has 0 saturated carbocycles.